The maximum Gasteiger partial charge on any atom is 0.0645 e. The summed E-state index contributed by atoms with van der Waals surface area (Å²) < 4.78 is 120. The van der Waals surface area contributed by atoms with Gasteiger partial charge in [-0.25, -0.2) is 0 Å². The Hall–Kier alpha value is -7.42. The highest BCUT2D eigenvalue weighted by atomic mass is 15.1. The summed E-state index contributed by atoms with van der Waals surface area (Å²) in [7, 11) is 0. The topological polar surface area (TPSA) is 8.17 Å². The number of hydrogen-bond acceptors (Lipinski definition) is 1. The van der Waals surface area contributed by atoms with Crippen LogP contribution in [0.3, 0.4) is 0 Å². The number of anilines is 3. The van der Waals surface area contributed by atoms with Crippen LogP contribution in [0.1, 0.15) is 17.8 Å². The maximum absolute atomic E-state index is 9.73. The Morgan fingerprint density at radius 2 is 0.964 bits per heavy atom. The van der Waals surface area contributed by atoms with Crippen molar-refractivity contribution in [2.24, 2.45) is 0 Å². The molecule has 0 fully saturated rings. The van der Waals surface area contributed by atoms with Gasteiger partial charge in [-0.2, -0.15) is 0 Å². The summed E-state index contributed by atoms with van der Waals surface area (Å²) in [5.74, 6) is 0. The molecule has 0 atom stereocenters. The Morgan fingerprint density at radius 3 is 1.75 bits per heavy atom. The van der Waals surface area contributed by atoms with E-state index in [4.69, 9.17) is 9.60 Å². The van der Waals surface area contributed by atoms with Crippen LogP contribution in [0.2, 0.25) is 0 Å². The van der Waals surface area contributed by atoms with E-state index in [2.05, 4.69) is 28.8 Å². The lowest BCUT2D eigenvalue weighted by Crippen LogP contribution is -2.11. The monoisotopic (exact) mass is 727 g/mol. The second kappa shape index (κ2) is 14.4. The number of fused-ring (bicyclic) bond motifs is 3. The summed E-state index contributed by atoms with van der Waals surface area (Å²) >= 11 is 0. The van der Waals surface area contributed by atoms with Crippen LogP contribution in [0.5, 0.6) is 0 Å². The van der Waals surface area contributed by atoms with Gasteiger partial charge < -0.3 is 9.47 Å². The summed E-state index contributed by atoms with van der Waals surface area (Å²) in [5.41, 5.74) is 5.04. The van der Waals surface area contributed by atoms with Crippen LogP contribution in [0.25, 0.3) is 72.0 Å². The van der Waals surface area contributed by atoms with Gasteiger partial charge in [0.25, 0.3) is 0 Å². The first kappa shape index (κ1) is 22.1. The number of rotatable bonds is 8. The van der Waals surface area contributed by atoms with Crippen LogP contribution in [0.4, 0.5) is 17.1 Å². The Kier molecular flexibility index (Phi) is 5.69. The summed E-state index contributed by atoms with van der Waals surface area (Å²) in [5, 5.41) is 1.70. The number of hydrogen-bond donors (Lipinski definition) is 0. The fourth-order valence-electron chi connectivity index (χ4n) is 7.31. The molecule has 0 spiro atoms. The molecule has 1 heterocycles. The van der Waals surface area contributed by atoms with Crippen LogP contribution in [-0.2, 0) is 0 Å². The summed E-state index contributed by atoms with van der Waals surface area (Å²) in [6.07, 6.45) is 0. The van der Waals surface area contributed by atoms with Crippen molar-refractivity contribution >= 4 is 38.9 Å². The van der Waals surface area contributed by atoms with Crippen LogP contribution in [0.15, 0.2) is 230 Å². The van der Waals surface area contributed by atoms with Gasteiger partial charge in [-0.3, -0.25) is 0 Å². The van der Waals surface area contributed by atoms with Gasteiger partial charge >= 0.3 is 0 Å². The van der Waals surface area contributed by atoms with Crippen molar-refractivity contribution in [3.8, 4) is 50.2 Å². The summed E-state index contributed by atoms with van der Waals surface area (Å²) in [6, 6.07) is 39.1. The highest BCUT2D eigenvalue weighted by Gasteiger charge is 2.19. The smallest absolute Gasteiger partial charge is 0.0645 e. The molecule has 0 amide bonds. The van der Waals surface area contributed by atoms with Gasteiger partial charge in [0, 0.05) is 33.3 Å². The van der Waals surface area contributed by atoms with Gasteiger partial charge in [-0.1, -0.05) is 176 Å². The van der Waals surface area contributed by atoms with Gasteiger partial charge in [-0.15, -0.1) is 0 Å². The van der Waals surface area contributed by atoms with E-state index >= 15 is 0 Å². The zero-order valence-corrected chi connectivity index (χ0v) is 29.8. The molecule has 0 aliphatic carbocycles. The van der Waals surface area contributed by atoms with E-state index in [9.17, 15) is 8.22 Å². The van der Waals surface area contributed by atoms with Gasteiger partial charge in [-0.05, 0) is 87.9 Å². The fourth-order valence-corrected chi connectivity index (χ4v) is 7.31. The molecule has 0 bridgehead atoms. The molecule has 10 aromatic rings. The molecule has 56 heavy (non-hydrogen) atoms. The molecule has 264 valence electrons. The lowest BCUT2D eigenvalue weighted by molar-refractivity contribution is 1.18. The first-order valence-electron chi connectivity index (χ1n) is 24.6. The molecule has 2 nitrogen and oxygen atoms in total. The third kappa shape index (κ3) is 6.04. The molecule has 0 unspecified atom stereocenters. The quantitative estimate of drug-likeness (QED) is 0.151. The van der Waals surface area contributed by atoms with Crippen molar-refractivity contribution in [3.05, 3.63) is 230 Å². The third-order valence-corrected chi connectivity index (χ3v) is 9.90. The Balaban J connectivity index is 1.23. The second-order valence-electron chi connectivity index (χ2n) is 13.2. The normalized spacial score (nSPS) is 14.5. The van der Waals surface area contributed by atoms with E-state index in [1.54, 1.807) is 30.3 Å². The summed E-state index contributed by atoms with van der Waals surface area (Å²) in [6.45, 7) is 0. The Bertz CT molecular complexity index is 3650. The largest absolute Gasteiger partial charge is 0.310 e. The first-order chi connectivity index (χ1) is 33.2. The summed E-state index contributed by atoms with van der Waals surface area (Å²) in [4.78, 5) is 1.17. The molecule has 10 rings (SSSR count). The molecule has 0 aliphatic rings. The Morgan fingerprint density at radius 1 is 0.357 bits per heavy atom. The van der Waals surface area contributed by atoms with Crippen molar-refractivity contribution < 1.29 is 17.8 Å². The second-order valence-corrected chi connectivity index (χ2v) is 13.2. The van der Waals surface area contributed by atoms with Crippen LogP contribution >= 0.6 is 0 Å². The van der Waals surface area contributed by atoms with Crippen molar-refractivity contribution in [2.75, 3.05) is 4.90 Å². The van der Waals surface area contributed by atoms with E-state index in [1.807, 2.05) is 97.1 Å². The number of benzene rings is 9. The van der Waals surface area contributed by atoms with Gasteiger partial charge in [0.05, 0.1) is 40.2 Å². The fraction of sp³-hybridized carbons (Fsp3) is 0. The SMILES string of the molecule is [2H]c1c([2H])c([2H])c(-c2c([2H])c([2H])c([2H])c([2H])c2N(c2ccc(-c3ccccc3)cc2)c2c([2H])c([2H])c(-c3ccc4c(c3)c3ccccc3n4-c3ccccc3-c3ccccc3)c([2H])c2[2H])c([2H])c1[2H]. The number of para-hydroxylation sites is 3. The van der Waals surface area contributed by atoms with Crippen LogP contribution < -0.4 is 4.90 Å². The minimum absolute atomic E-state index is 0.0163. The van der Waals surface area contributed by atoms with Gasteiger partial charge in [0.2, 0.25) is 0 Å². The molecule has 2 heteroatoms. The lowest BCUT2D eigenvalue weighted by atomic mass is 10.00. The molecule has 0 saturated heterocycles. The zero-order valence-electron chi connectivity index (χ0n) is 42.8. The van der Waals surface area contributed by atoms with E-state index in [0.717, 1.165) is 49.7 Å². The zero-order chi connectivity index (χ0) is 48.6. The number of aromatic nitrogens is 1. The molecule has 9 aromatic carbocycles. The van der Waals surface area contributed by atoms with Crippen molar-refractivity contribution in [3.63, 3.8) is 0 Å². The standard InChI is InChI=1S/C54H38N2/c1-4-16-39(17-5-1)40-28-33-45(34-29-40)55(51-25-13-10-22-47(51)42-18-6-2-7-19-42)46-35-30-41(31-36-46)44-32-37-54-50(38-44)49-24-12-15-27-53(49)56(54)52-26-14-11-23-48(52)43-20-8-3-9-21-43/h1-38H/i2D,6D,7D,10D,13D,18D,19D,22D,25D,30D,31D,35D,36D. The van der Waals surface area contributed by atoms with E-state index < -0.39 is 101 Å². The highest BCUT2D eigenvalue weighted by molar-refractivity contribution is 6.11. The van der Waals surface area contributed by atoms with Crippen molar-refractivity contribution in [2.45, 2.75) is 0 Å². The van der Waals surface area contributed by atoms with Gasteiger partial charge in [0.1, 0.15) is 0 Å². The molecular formula is C54H38N2. The molecular weight excluding hydrogens is 677 g/mol. The highest BCUT2D eigenvalue weighted by Crippen LogP contribution is 2.43. The molecule has 0 saturated carbocycles. The molecule has 1 aromatic heterocycles. The van der Waals surface area contributed by atoms with Crippen molar-refractivity contribution in [1.82, 2.24) is 4.57 Å². The molecule has 0 aliphatic heterocycles. The van der Waals surface area contributed by atoms with Gasteiger partial charge in [0.15, 0.2) is 0 Å². The minimum atomic E-state index is -0.750. The molecule has 0 radical (unpaired) electrons. The predicted octanol–water partition coefficient (Wildman–Crippen LogP) is 14.9. The number of nitrogens with zero attached hydrogens (tertiary/aromatic N) is 2. The predicted molar refractivity (Wildman–Crippen MR) is 237 cm³/mol. The third-order valence-electron chi connectivity index (χ3n) is 9.90. The van der Waals surface area contributed by atoms with Crippen molar-refractivity contribution in [1.29, 1.82) is 0 Å². The Labute approximate surface area is 346 Å². The first-order valence-corrected chi connectivity index (χ1v) is 18.1. The lowest BCUT2D eigenvalue weighted by Gasteiger charge is -2.28. The van der Waals surface area contributed by atoms with E-state index in [0.29, 0.717) is 5.56 Å². The maximum atomic E-state index is 9.73. The van der Waals surface area contributed by atoms with Crippen LogP contribution in [0, 0.1) is 0 Å². The van der Waals surface area contributed by atoms with E-state index in [1.165, 1.54) is 4.90 Å². The minimum Gasteiger partial charge on any atom is -0.310 e. The van der Waals surface area contributed by atoms with E-state index in [-0.39, 0.29) is 11.3 Å². The average Bonchev–Trinajstić information content (AvgIpc) is 3.71. The molecule has 0 N–H and O–H groups in total. The average molecular weight is 728 g/mol. The van der Waals surface area contributed by atoms with Crippen LogP contribution in [-0.4, -0.2) is 4.57 Å².